The average Bonchev–Trinajstić information content (AvgIpc) is 1.97. The number of hydrogen-bond donors (Lipinski definition) is 0. The minimum absolute atomic E-state index is 0.290. The number of hydrogen-bond acceptors (Lipinski definition) is 3. The molecule has 0 N–H and O–H groups in total. The summed E-state index contributed by atoms with van der Waals surface area (Å²) in [4.78, 5) is 20.3. The molecule has 0 saturated carbocycles. The van der Waals surface area contributed by atoms with Crippen molar-refractivity contribution in [3.63, 3.8) is 0 Å². The highest BCUT2D eigenvalue weighted by atomic mass is 16.5. The van der Waals surface area contributed by atoms with Crippen molar-refractivity contribution in [3.05, 3.63) is 11.6 Å². The second kappa shape index (κ2) is 5.65. The lowest BCUT2D eigenvalue weighted by atomic mass is 10.3. The lowest BCUT2D eigenvalue weighted by Gasteiger charge is -1.96. The fourth-order valence-electron chi connectivity index (χ4n) is 0.537. The van der Waals surface area contributed by atoms with Crippen LogP contribution in [0.3, 0.4) is 0 Å². The highest BCUT2D eigenvalue weighted by molar-refractivity contribution is 5.71. The van der Waals surface area contributed by atoms with E-state index in [1.54, 1.807) is 13.0 Å². The Kier molecular flexibility index (Phi) is 5.07. The van der Waals surface area contributed by atoms with Gasteiger partial charge in [-0.15, -0.1) is 0 Å². The largest absolute Gasteiger partial charge is 0.466 e. The zero-order chi connectivity index (χ0) is 8.69. The Morgan fingerprint density at radius 3 is 2.55 bits per heavy atom. The van der Waals surface area contributed by atoms with E-state index in [9.17, 15) is 9.59 Å². The molecule has 3 nitrogen and oxygen atoms in total. The van der Waals surface area contributed by atoms with Crippen LogP contribution in [0.4, 0.5) is 0 Å². The van der Waals surface area contributed by atoms with Crippen molar-refractivity contribution in [1.29, 1.82) is 0 Å². The Morgan fingerprint density at radius 1 is 1.45 bits per heavy atom. The SMILES string of the molecule is CC(=O)OCC/C=C(\C)C=O. The first-order chi connectivity index (χ1) is 5.16. The summed E-state index contributed by atoms with van der Waals surface area (Å²) < 4.78 is 4.64. The molecule has 0 unspecified atom stereocenters. The van der Waals surface area contributed by atoms with Gasteiger partial charge in [-0.25, -0.2) is 0 Å². The normalized spacial score (nSPS) is 10.9. The first-order valence-corrected chi connectivity index (χ1v) is 3.42. The first-order valence-electron chi connectivity index (χ1n) is 3.42. The molecule has 0 amide bonds. The molecule has 0 spiro atoms. The molecule has 0 aliphatic heterocycles. The van der Waals surface area contributed by atoms with Gasteiger partial charge in [-0.2, -0.15) is 0 Å². The summed E-state index contributed by atoms with van der Waals surface area (Å²) in [6, 6.07) is 0. The van der Waals surface area contributed by atoms with Crippen molar-refractivity contribution in [2.75, 3.05) is 6.61 Å². The highest BCUT2D eigenvalue weighted by Gasteiger charge is 1.90. The number of carbonyl (C=O) groups excluding carboxylic acids is 2. The van der Waals surface area contributed by atoms with Crippen LogP contribution in [0.15, 0.2) is 11.6 Å². The third kappa shape index (κ3) is 6.77. The van der Waals surface area contributed by atoms with Crippen LogP contribution in [0.25, 0.3) is 0 Å². The molecule has 62 valence electrons. The summed E-state index contributed by atoms with van der Waals surface area (Å²) in [5.74, 6) is -0.290. The van der Waals surface area contributed by atoms with Gasteiger partial charge in [-0.05, 0) is 12.5 Å². The van der Waals surface area contributed by atoms with E-state index in [4.69, 9.17) is 0 Å². The standard InChI is InChI=1S/C8H12O3/c1-7(6-9)4-3-5-11-8(2)10/h4,6H,3,5H2,1-2H3/b7-4+. The smallest absolute Gasteiger partial charge is 0.302 e. The van der Waals surface area contributed by atoms with Crippen LogP contribution < -0.4 is 0 Å². The Labute approximate surface area is 66.0 Å². The molecule has 0 aromatic rings. The summed E-state index contributed by atoms with van der Waals surface area (Å²) >= 11 is 0. The Balaban J connectivity index is 3.41. The zero-order valence-corrected chi connectivity index (χ0v) is 6.79. The van der Waals surface area contributed by atoms with Gasteiger partial charge < -0.3 is 4.74 Å². The van der Waals surface area contributed by atoms with E-state index in [1.165, 1.54) is 6.92 Å². The van der Waals surface area contributed by atoms with E-state index >= 15 is 0 Å². The second-order valence-electron chi connectivity index (χ2n) is 2.19. The van der Waals surface area contributed by atoms with Gasteiger partial charge in [-0.3, -0.25) is 9.59 Å². The molecule has 0 atom stereocenters. The van der Waals surface area contributed by atoms with Gasteiger partial charge in [-0.1, -0.05) is 6.08 Å². The van der Waals surface area contributed by atoms with Crippen molar-refractivity contribution in [1.82, 2.24) is 0 Å². The third-order valence-electron chi connectivity index (χ3n) is 1.08. The topological polar surface area (TPSA) is 43.4 Å². The minimum Gasteiger partial charge on any atom is -0.466 e. The summed E-state index contributed by atoms with van der Waals surface area (Å²) in [5, 5.41) is 0. The van der Waals surface area contributed by atoms with Gasteiger partial charge in [0.25, 0.3) is 0 Å². The van der Waals surface area contributed by atoms with Crippen LogP contribution in [-0.2, 0) is 14.3 Å². The van der Waals surface area contributed by atoms with Gasteiger partial charge in [0.2, 0.25) is 0 Å². The van der Waals surface area contributed by atoms with E-state index in [1.807, 2.05) is 0 Å². The number of ether oxygens (including phenoxy) is 1. The van der Waals surface area contributed by atoms with Crippen molar-refractivity contribution >= 4 is 12.3 Å². The predicted octanol–water partition coefficient (Wildman–Crippen LogP) is 1.08. The molecule has 0 rings (SSSR count). The maximum Gasteiger partial charge on any atom is 0.302 e. The molecule has 0 bridgehead atoms. The molecular formula is C8H12O3. The van der Waals surface area contributed by atoms with E-state index < -0.39 is 0 Å². The van der Waals surface area contributed by atoms with Crippen LogP contribution in [-0.4, -0.2) is 18.9 Å². The Morgan fingerprint density at radius 2 is 2.09 bits per heavy atom. The summed E-state index contributed by atoms with van der Waals surface area (Å²) in [7, 11) is 0. The van der Waals surface area contributed by atoms with Gasteiger partial charge in [0.1, 0.15) is 6.29 Å². The maximum absolute atomic E-state index is 10.2. The number of carbonyl (C=O) groups is 2. The molecule has 0 radical (unpaired) electrons. The van der Waals surface area contributed by atoms with E-state index in [0.717, 1.165) is 6.29 Å². The first kappa shape index (κ1) is 9.88. The van der Waals surface area contributed by atoms with Crippen LogP contribution in [0.2, 0.25) is 0 Å². The van der Waals surface area contributed by atoms with E-state index in [-0.39, 0.29) is 5.97 Å². The van der Waals surface area contributed by atoms with E-state index in [0.29, 0.717) is 18.6 Å². The molecule has 0 aliphatic rings. The van der Waals surface area contributed by atoms with Crippen molar-refractivity contribution < 1.29 is 14.3 Å². The van der Waals surface area contributed by atoms with Crippen molar-refractivity contribution in [2.24, 2.45) is 0 Å². The summed E-state index contributed by atoms with van der Waals surface area (Å²) in [6.45, 7) is 3.41. The van der Waals surface area contributed by atoms with Crippen LogP contribution in [0.5, 0.6) is 0 Å². The predicted molar refractivity (Wildman–Crippen MR) is 41.1 cm³/mol. The Hall–Kier alpha value is -1.12. The molecular weight excluding hydrogens is 144 g/mol. The zero-order valence-electron chi connectivity index (χ0n) is 6.79. The van der Waals surface area contributed by atoms with Gasteiger partial charge >= 0.3 is 5.97 Å². The van der Waals surface area contributed by atoms with Crippen LogP contribution in [0, 0.1) is 0 Å². The quantitative estimate of drug-likeness (QED) is 0.265. The van der Waals surface area contributed by atoms with Crippen LogP contribution in [0.1, 0.15) is 20.3 Å². The van der Waals surface area contributed by atoms with Gasteiger partial charge in [0.15, 0.2) is 0 Å². The monoisotopic (exact) mass is 156 g/mol. The van der Waals surface area contributed by atoms with Crippen molar-refractivity contribution in [2.45, 2.75) is 20.3 Å². The molecule has 0 saturated heterocycles. The minimum atomic E-state index is -0.290. The third-order valence-corrected chi connectivity index (χ3v) is 1.08. The molecule has 0 aromatic carbocycles. The van der Waals surface area contributed by atoms with Crippen molar-refractivity contribution in [3.8, 4) is 0 Å². The van der Waals surface area contributed by atoms with Crippen LogP contribution >= 0.6 is 0 Å². The van der Waals surface area contributed by atoms with Gasteiger partial charge in [0.05, 0.1) is 6.61 Å². The fraction of sp³-hybridized carbons (Fsp3) is 0.500. The number of esters is 1. The molecule has 0 aliphatic carbocycles. The molecule has 0 aromatic heterocycles. The number of rotatable bonds is 4. The van der Waals surface area contributed by atoms with E-state index in [2.05, 4.69) is 4.74 Å². The molecule has 11 heavy (non-hydrogen) atoms. The molecule has 3 heteroatoms. The van der Waals surface area contributed by atoms with Gasteiger partial charge in [0, 0.05) is 13.3 Å². The molecule has 0 heterocycles. The summed E-state index contributed by atoms with van der Waals surface area (Å²) in [5.41, 5.74) is 0.664. The fourth-order valence-corrected chi connectivity index (χ4v) is 0.537. The maximum atomic E-state index is 10.2. The highest BCUT2D eigenvalue weighted by Crippen LogP contribution is 1.91. The number of allylic oxidation sites excluding steroid dienone is 1. The lowest BCUT2D eigenvalue weighted by Crippen LogP contribution is -1.99. The second-order valence-corrected chi connectivity index (χ2v) is 2.19. The molecule has 0 fully saturated rings. The average molecular weight is 156 g/mol. The number of aldehydes is 1. The lowest BCUT2D eigenvalue weighted by molar-refractivity contribution is -0.140. The summed E-state index contributed by atoms with van der Waals surface area (Å²) in [6.07, 6.45) is 3.11. The Bertz CT molecular complexity index is 170.